The Bertz CT molecular complexity index is 377. The molecular weight excluding hydrogens is 421 g/mol. The van der Waals surface area contributed by atoms with E-state index in [2.05, 4.69) is 33.2 Å². The van der Waals surface area contributed by atoms with Gasteiger partial charge in [-0.15, -0.1) is 33.2 Å². The zero-order valence-electron chi connectivity index (χ0n) is 10.1. The fraction of sp³-hybridized carbons (Fsp3) is 1.00. The molecule has 0 fully saturated rings. The largest absolute Gasteiger partial charge is 0.424 e. The topological polar surface area (TPSA) is 0 Å². The van der Waals surface area contributed by atoms with Gasteiger partial charge < -0.3 is 0 Å². The Labute approximate surface area is 132 Å². The molecule has 0 aliphatic carbocycles. The second kappa shape index (κ2) is 6.71. The van der Waals surface area contributed by atoms with Crippen LogP contribution in [0.2, 0.25) is 0 Å². The van der Waals surface area contributed by atoms with Crippen molar-refractivity contribution >= 4 is 39.2 Å². The van der Waals surface area contributed by atoms with Gasteiger partial charge in [-0.2, -0.15) is 39.5 Å². The molecule has 0 rings (SSSR count). The number of hydrogen-bond acceptors (Lipinski definition) is 0. The highest BCUT2D eigenvalue weighted by molar-refractivity contribution is 7.65. The van der Waals surface area contributed by atoms with E-state index in [1.54, 1.807) is 0 Å². The first-order chi connectivity index (χ1) is 9.38. The third-order valence-corrected chi connectivity index (χ3v) is 5.64. The van der Waals surface area contributed by atoms with E-state index >= 15 is 0 Å². The maximum absolute atomic E-state index is 13.2. The Morgan fingerprint density at radius 2 is 1.23 bits per heavy atom. The molecule has 0 amide bonds. The summed E-state index contributed by atoms with van der Waals surface area (Å²) in [5.41, 5.74) is -5.83. The van der Waals surface area contributed by atoms with Crippen LogP contribution < -0.4 is 0 Å². The predicted molar refractivity (Wildman–Crippen MR) is 63.0 cm³/mol. The van der Waals surface area contributed by atoms with E-state index in [0.717, 1.165) is 0 Å². The van der Waals surface area contributed by atoms with Crippen molar-refractivity contribution in [2.75, 3.05) is 0 Å². The third-order valence-electron chi connectivity index (χ3n) is 2.48. The molecule has 0 heterocycles. The molecule has 0 aliphatic rings. The lowest BCUT2D eigenvalue weighted by Crippen LogP contribution is -2.64. The van der Waals surface area contributed by atoms with Crippen LogP contribution in [0.3, 0.4) is 0 Å². The van der Waals surface area contributed by atoms with Gasteiger partial charge in [0.15, 0.2) is 6.17 Å². The van der Waals surface area contributed by atoms with E-state index in [0.29, 0.717) is 0 Å². The van der Waals surface area contributed by atoms with Crippen LogP contribution in [0.15, 0.2) is 0 Å². The lowest BCUT2D eigenvalue weighted by molar-refractivity contribution is -0.301. The molecule has 0 nitrogen and oxygen atoms in total. The molecule has 134 valence electrons. The highest BCUT2D eigenvalue weighted by Gasteiger charge is 2.81. The molecule has 22 heavy (non-hydrogen) atoms. The smallest absolute Gasteiger partial charge is 0.241 e. The minimum absolute atomic E-state index is 1.30. The van der Waals surface area contributed by atoms with Crippen molar-refractivity contribution in [2.24, 2.45) is 0 Å². The van der Waals surface area contributed by atoms with Crippen LogP contribution in [0.1, 0.15) is 19.3 Å². The lowest BCUT2D eigenvalue weighted by Gasteiger charge is -2.36. The molecule has 0 N–H and O–H groups in total. The van der Waals surface area contributed by atoms with Crippen LogP contribution in [0.25, 0.3) is 0 Å². The van der Waals surface area contributed by atoms with Crippen LogP contribution in [-0.4, -0.2) is 35.7 Å². The maximum atomic E-state index is 13.2. The van der Waals surface area contributed by atoms with E-state index in [4.69, 9.17) is 0 Å². The van der Waals surface area contributed by atoms with Crippen molar-refractivity contribution in [3.8, 4) is 0 Å². The van der Waals surface area contributed by atoms with E-state index in [9.17, 15) is 43.9 Å². The molecule has 0 aromatic carbocycles. The second-order valence-corrected chi connectivity index (χ2v) is 12.7. The van der Waals surface area contributed by atoms with Gasteiger partial charge in [0, 0.05) is 6.42 Å². The molecule has 0 saturated carbocycles. The van der Waals surface area contributed by atoms with Gasteiger partial charge in [-0.3, -0.25) is 0 Å². The van der Waals surface area contributed by atoms with Gasteiger partial charge in [0.2, 0.25) is 0 Å². The first-order valence-electron chi connectivity index (χ1n) is 5.29. The van der Waals surface area contributed by atoms with Crippen molar-refractivity contribution < 1.29 is 43.9 Å². The standard InChI is InChI=1S/C8H7Cl3F10Si/c9-22(10,11)8(20,21)7(18,19)6(16,17)4(12)2-1-3-5(13,14)15/h4H,1-3H2. The molecule has 0 radical (unpaired) electrons. The summed E-state index contributed by atoms with van der Waals surface area (Å²) in [5.74, 6) is -12.4. The van der Waals surface area contributed by atoms with Crippen LogP contribution in [0.4, 0.5) is 43.9 Å². The van der Waals surface area contributed by atoms with Crippen molar-refractivity contribution in [3.05, 3.63) is 0 Å². The molecule has 1 atom stereocenters. The minimum atomic E-state index is -6.38. The molecule has 0 aromatic heterocycles. The third kappa shape index (κ3) is 4.70. The Morgan fingerprint density at radius 3 is 1.55 bits per heavy atom. The Kier molecular flexibility index (Phi) is 6.83. The molecule has 0 aromatic rings. The molecule has 0 aliphatic heterocycles. The minimum Gasteiger partial charge on any atom is -0.241 e. The molecule has 1 unspecified atom stereocenters. The van der Waals surface area contributed by atoms with Gasteiger partial charge in [0.05, 0.1) is 0 Å². The average molecular weight is 428 g/mol. The quantitative estimate of drug-likeness (QED) is 0.259. The summed E-state index contributed by atoms with van der Waals surface area (Å²) in [5, 5.41) is 0. The summed E-state index contributed by atoms with van der Waals surface area (Å²) >= 11 is 13.9. The van der Waals surface area contributed by atoms with Crippen molar-refractivity contribution in [1.82, 2.24) is 0 Å². The van der Waals surface area contributed by atoms with Crippen LogP contribution in [-0.2, 0) is 0 Å². The SMILES string of the molecule is FC(CCCC(F)(F)F)C(F)(F)C(F)(F)C(F)(F)[Si](Cl)(Cl)Cl. The highest BCUT2D eigenvalue weighted by Crippen LogP contribution is 2.55. The number of halogens is 13. The van der Waals surface area contributed by atoms with Crippen LogP contribution in [0, 0.1) is 0 Å². The van der Waals surface area contributed by atoms with Gasteiger partial charge in [-0.1, -0.05) is 0 Å². The molecular formula is C8H7Cl3F10Si. The maximum Gasteiger partial charge on any atom is 0.424 e. The summed E-state index contributed by atoms with van der Waals surface area (Å²) in [6.45, 7) is 0. The fourth-order valence-corrected chi connectivity index (χ4v) is 2.84. The molecule has 0 bridgehead atoms. The first-order valence-corrected chi connectivity index (χ1v) is 10.3. The summed E-state index contributed by atoms with van der Waals surface area (Å²) in [6.07, 6.45) is -13.6. The van der Waals surface area contributed by atoms with Crippen molar-refractivity contribution in [2.45, 2.75) is 49.0 Å². The van der Waals surface area contributed by atoms with Gasteiger partial charge in [0.1, 0.15) is 0 Å². The lowest BCUT2D eigenvalue weighted by atomic mass is 10.0. The highest BCUT2D eigenvalue weighted by atomic mass is 35.8. The number of rotatable bonds is 7. The first kappa shape index (κ1) is 22.4. The second-order valence-electron chi connectivity index (χ2n) is 4.24. The van der Waals surface area contributed by atoms with Crippen molar-refractivity contribution in [3.63, 3.8) is 0 Å². The van der Waals surface area contributed by atoms with Gasteiger partial charge in [-0.05, 0) is 12.8 Å². The van der Waals surface area contributed by atoms with E-state index in [-0.39, 0.29) is 0 Å². The zero-order valence-corrected chi connectivity index (χ0v) is 13.4. The van der Waals surface area contributed by atoms with Gasteiger partial charge in [-0.25, -0.2) is 4.39 Å². The fourth-order valence-electron chi connectivity index (χ4n) is 1.25. The Morgan fingerprint density at radius 1 is 0.818 bits per heavy atom. The predicted octanol–water partition coefficient (Wildman–Crippen LogP) is 6.16. The van der Waals surface area contributed by atoms with Gasteiger partial charge >= 0.3 is 29.6 Å². The summed E-state index contributed by atoms with van der Waals surface area (Å²) < 4.78 is 128. The van der Waals surface area contributed by atoms with E-state index < -0.39 is 55.0 Å². The monoisotopic (exact) mass is 426 g/mol. The number of alkyl halides is 10. The number of hydrogen-bond donors (Lipinski definition) is 0. The normalized spacial score (nSPS) is 16.8. The zero-order chi connectivity index (χ0) is 18.2. The van der Waals surface area contributed by atoms with Crippen molar-refractivity contribution in [1.29, 1.82) is 0 Å². The van der Waals surface area contributed by atoms with Gasteiger partial charge in [0.25, 0.3) is 0 Å². The van der Waals surface area contributed by atoms with Crippen LogP contribution in [0.5, 0.6) is 0 Å². The van der Waals surface area contributed by atoms with E-state index in [1.165, 1.54) is 0 Å². The van der Waals surface area contributed by atoms with Crippen LogP contribution >= 0.6 is 33.2 Å². The summed E-state index contributed by atoms with van der Waals surface area (Å²) in [4.78, 5) is 0. The Balaban J connectivity index is 5.19. The van der Waals surface area contributed by atoms with E-state index in [1.807, 2.05) is 0 Å². The molecule has 0 saturated heterocycles. The average Bonchev–Trinajstić information content (AvgIpc) is 2.24. The summed E-state index contributed by atoms with van der Waals surface area (Å²) in [6, 6.07) is -5.73. The Hall–Kier alpha value is 0.387. The molecule has 14 heteroatoms. The summed E-state index contributed by atoms with van der Waals surface area (Å²) in [7, 11) is 0. The molecule has 0 spiro atoms.